The first-order valence-corrected chi connectivity index (χ1v) is 9.67. The predicted octanol–water partition coefficient (Wildman–Crippen LogP) is 2.37. The van der Waals surface area contributed by atoms with Crippen LogP contribution in [0.4, 0.5) is 4.39 Å². The number of hydrogen-bond acceptors (Lipinski definition) is 4. The Labute approximate surface area is 170 Å². The highest BCUT2D eigenvalue weighted by atomic mass is 19.1. The standard InChI is InChI=1S/C21H26BFN2O4/c1-2-3-12-19(22(28)29)25-20(26)14-18(16-10-7-11-17(23)13-16)24-21(27)15-8-5-4-6-9-15/h4-11,13,18-19,28-29H,2-3,12,14H2,1H3,(H,24,27)(H,25,26). The average molecular weight is 400 g/mol. The number of rotatable bonds is 10. The maximum Gasteiger partial charge on any atom is 0.475 e. The van der Waals surface area contributed by atoms with Crippen LogP contribution < -0.4 is 10.6 Å². The van der Waals surface area contributed by atoms with Crippen LogP contribution in [-0.2, 0) is 4.79 Å². The highest BCUT2D eigenvalue weighted by molar-refractivity contribution is 6.43. The highest BCUT2D eigenvalue weighted by Gasteiger charge is 2.27. The quantitative estimate of drug-likeness (QED) is 0.461. The number of nitrogens with one attached hydrogen (secondary N) is 2. The first-order valence-electron chi connectivity index (χ1n) is 9.67. The summed E-state index contributed by atoms with van der Waals surface area (Å²) in [5.74, 6) is -2.15. The van der Waals surface area contributed by atoms with E-state index in [0.29, 0.717) is 17.5 Å². The van der Waals surface area contributed by atoms with Gasteiger partial charge in [0.25, 0.3) is 5.91 Å². The fraction of sp³-hybridized carbons (Fsp3) is 0.333. The zero-order valence-electron chi connectivity index (χ0n) is 16.3. The van der Waals surface area contributed by atoms with E-state index in [-0.39, 0.29) is 6.42 Å². The molecule has 2 atom stereocenters. The van der Waals surface area contributed by atoms with E-state index in [1.165, 1.54) is 18.2 Å². The fourth-order valence-corrected chi connectivity index (χ4v) is 2.98. The Morgan fingerprint density at radius 1 is 1.07 bits per heavy atom. The second-order valence-corrected chi connectivity index (χ2v) is 6.88. The summed E-state index contributed by atoms with van der Waals surface area (Å²) in [5.41, 5.74) is 0.861. The molecule has 0 bridgehead atoms. The molecular weight excluding hydrogens is 374 g/mol. The molecular formula is C21H26BFN2O4. The molecule has 0 heterocycles. The van der Waals surface area contributed by atoms with Crippen LogP contribution in [0, 0.1) is 5.82 Å². The summed E-state index contributed by atoms with van der Waals surface area (Å²) < 4.78 is 13.7. The lowest BCUT2D eigenvalue weighted by molar-refractivity contribution is -0.122. The van der Waals surface area contributed by atoms with Gasteiger partial charge < -0.3 is 20.7 Å². The van der Waals surface area contributed by atoms with E-state index >= 15 is 0 Å². The smallest absolute Gasteiger partial charge is 0.426 e. The molecule has 2 rings (SSSR count). The van der Waals surface area contributed by atoms with Gasteiger partial charge in [0.05, 0.1) is 18.4 Å². The monoisotopic (exact) mass is 400 g/mol. The van der Waals surface area contributed by atoms with E-state index in [1.54, 1.807) is 36.4 Å². The molecule has 29 heavy (non-hydrogen) atoms. The molecule has 0 saturated heterocycles. The number of carbonyl (C=O) groups excluding carboxylic acids is 2. The van der Waals surface area contributed by atoms with E-state index in [0.717, 1.165) is 12.8 Å². The average Bonchev–Trinajstić information content (AvgIpc) is 2.71. The maximum absolute atomic E-state index is 13.7. The van der Waals surface area contributed by atoms with Crippen molar-refractivity contribution in [2.24, 2.45) is 0 Å². The molecule has 0 aliphatic carbocycles. The van der Waals surface area contributed by atoms with Crippen LogP contribution in [-0.4, -0.2) is 34.9 Å². The number of benzene rings is 2. The third-order valence-corrected chi connectivity index (χ3v) is 4.56. The molecule has 0 radical (unpaired) electrons. The number of amides is 2. The summed E-state index contributed by atoms with van der Waals surface area (Å²) in [5, 5.41) is 24.3. The molecule has 2 aromatic carbocycles. The van der Waals surface area contributed by atoms with Gasteiger partial charge in [0.2, 0.25) is 5.91 Å². The van der Waals surface area contributed by atoms with Gasteiger partial charge in [-0.05, 0) is 36.2 Å². The number of hydrogen-bond donors (Lipinski definition) is 4. The summed E-state index contributed by atoms with van der Waals surface area (Å²) >= 11 is 0. The zero-order chi connectivity index (χ0) is 21.2. The first kappa shape index (κ1) is 22.6. The molecule has 0 saturated carbocycles. The van der Waals surface area contributed by atoms with Gasteiger partial charge in [-0.2, -0.15) is 0 Å². The Morgan fingerprint density at radius 3 is 2.41 bits per heavy atom. The molecule has 154 valence electrons. The third-order valence-electron chi connectivity index (χ3n) is 4.56. The summed E-state index contributed by atoms with van der Waals surface area (Å²) in [7, 11) is -1.68. The molecule has 0 spiro atoms. The molecule has 0 aromatic heterocycles. The summed E-state index contributed by atoms with van der Waals surface area (Å²) in [6, 6.07) is 13.4. The van der Waals surface area contributed by atoms with Crippen LogP contribution in [0.25, 0.3) is 0 Å². The Hall–Kier alpha value is -2.71. The van der Waals surface area contributed by atoms with Gasteiger partial charge in [-0.15, -0.1) is 0 Å². The van der Waals surface area contributed by atoms with Gasteiger partial charge in [0, 0.05) is 5.56 Å². The summed E-state index contributed by atoms with van der Waals surface area (Å²) in [6.45, 7) is 1.96. The molecule has 6 nitrogen and oxygen atoms in total. The van der Waals surface area contributed by atoms with E-state index in [2.05, 4.69) is 10.6 Å². The zero-order valence-corrected chi connectivity index (χ0v) is 16.3. The van der Waals surface area contributed by atoms with Crippen molar-refractivity contribution in [3.05, 3.63) is 71.5 Å². The molecule has 8 heteroatoms. The molecule has 0 fully saturated rings. The maximum atomic E-state index is 13.7. The van der Waals surface area contributed by atoms with E-state index in [1.807, 2.05) is 6.92 Å². The summed E-state index contributed by atoms with van der Waals surface area (Å²) in [4.78, 5) is 25.1. The normalized spacial score (nSPS) is 12.7. The third kappa shape index (κ3) is 7.32. The number of carbonyl (C=O) groups is 2. The van der Waals surface area contributed by atoms with Crippen molar-refractivity contribution in [2.45, 2.75) is 44.6 Å². The van der Waals surface area contributed by atoms with Gasteiger partial charge in [-0.3, -0.25) is 9.59 Å². The second kappa shape index (κ2) is 11.3. The lowest BCUT2D eigenvalue weighted by Gasteiger charge is -2.22. The van der Waals surface area contributed by atoms with Crippen LogP contribution in [0.5, 0.6) is 0 Å². The van der Waals surface area contributed by atoms with Gasteiger partial charge in [0.15, 0.2) is 0 Å². The minimum absolute atomic E-state index is 0.169. The van der Waals surface area contributed by atoms with Crippen molar-refractivity contribution >= 4 is 18.9 Å². The lowest BCUT2D eigenvalue weighted by Crippen LogP contribution is -2.47. The van der Waals surface area contributed by atoms with Crippen LogP contribution in [0.1, 0.15) is 54.6 Å². The number of halogens is 1. The van der Waals surface area contributed by atoms with Gasteiger partial charge >= 0.3 is 7.12 Å². The van der Waals surface area contributed by atoms with Gasteiger partial charge in [-0.25, -0.2) is 4.39 Å². The van der Waals surface area contributed by atoms with Crippen LogP contribution in [0.15, 0.2) is 54.6 Å². The fourth-order valence-electron chi connectivity index (χ4n) is 2.98. The van der Waals surface area contributed by atoms with Crippen molar-refractivity contribution in [3.63, 3.8) is 0 Å². The Morgan fingerprint density at radius 2 is 1.79 bits per heavy atom. The first-order chi connectivity index (χ1) is 13.9. The van der Waals surface area contributed by atoms with Crippen molar-refractivity contribution in [2.75, 3.05) is 0 Å². The van der Waals surface area contributed by atoms with Crippen LogP contribution in [0.2, 0.25) is 0 Å². The van der Waals surface area contributed by atoms with E-state index < -0.39 is 36.7 Å². The molecule has 2 unspecified atom stereocenters. The van der Waals surface area contributed by atoms with Crippen molar-refractivity contribution in [1.29, 1.82) is 0 Å². The van der Waals surface area contributed by atoms with Crippen molar-refractivity contribution in [1.82, 2.24) is 10.6 Å². The van der Waals surface area contributed by atoms with E-state index in [4.69, 9.17) is 0 Å². The molecule has 0 aliphatic heterocycles. The Balaban J connectivity index is 2.14. The molecule has 2 aromatic rings. The topological polar surface area (TPSA) is 98.7 Å². The molecule has 2 amide bonds. The minimum atomic E-state index is -1.68. The van der Waals surface area contributed by atoms with Gasteiger partial charge in [0.1, 0.15) is 5.82 Å². The predicted molar refractivity (Wildman–Crippen MR) is 109 cm³/mol. The minimum Gasteiger partial charge on any atom is -0.426 e. The largest absolute Gasteiger partial charge is 0.475 e. The van der Waals surface area contributed by atoms with E-state index in [9.17, 15) is 24.0 Å². The van der Waals surface area contributed by atoms with Crippen LogP contribution >= 0.6 is 0 Å². The molecule has 4 N–H and O–H groups in total. The Kier molecular flexibility index (Phi) is 8.83. The van der Waals surface area contributed by atoms with Gasteiger partial charge in [-0.1, -0.05) is 50.1 Å². The lowest BCUT2D eigenvalue weighted by atomic mass is 9.76. The SMILES string of the molecule is CCCCC(NC(=O)CC(NC(=O)c1ccccc1)c1cccc(F)c1)B(O)O. The van der Waals surface area contributed by atoms with Crippen LogP contribution in [0.3, 0.4) is 0 Å². The molecule has 0 aliphatic rings. The second-order valence-electron chi connectivity index (χ2n) is 6.88. The van der Waals surface area contributed by atoms with Crippen molar-refractivity contribution in [3.8, 4) is 0 Å². The highest BCUT2D eigenvalue weighted by Crippen LogP contribution is 2.19. The van der Waals surface area contributed by atoms with Crippen molar-refractivity contribution < 1.29 is 24.0 Å². The number of unbranched alkanes of at least 4 members (excludes halogenated alkanes) is 1. The summed E-state index contributed by atoms with van der Waals surface area (Å²) in [6.07, 6.45) is 1.82. The Bertz CT molecular complexity index is 804.